The first kappa shape index (κ1) is 24.9. The predicted molar refractivity (Wildman–Crippen MR) is 145 cm³/mol. The average Bonchev–Trinajstić information content (AvgIpc) is 3.51. The lowest BCUT2D eigenvalue weighted by Gasteiger charge is -2.26. The van der Waals surface area contributed by atoms with Crippen molar-refractivity contribution in [3.63, 3.8) is 0 Å². The van der Waals surface area contributed by atoms with Gasteiger partial charge in [0.05, 0.1) is 30.2 Å². The van der Waals surface area contributed by atoms with Crippen LogP contribution in [0.2, 0.25) is 0 Å². The first-order chi connectivity index (χ1) is 19.0. The summed E-state index contributed by atoms with van der Waals surface area (Å²) in [6.45, 7) is 7.25. The number of amides is 1. The highest BCUT2D eigenvalue weighted by atomic mass is 16.7. The van der Waals surface area contributed by atoms with E-state index in [-0.39, 0.29) is 30.4 Å². The van der Waals surface area contributed by atoms with Crippen LogP contribution in [0.4, 0.5) is 0 Å². The van der Waals surface area contributed by atoms with Gasteiger partial charge in [-0.15, -0.1) is 0 Å². The van der Waals surface area contributed by atoms with Gasteiger partial charge >= 0.3 is 0 Å². The Morgan fingerprint density at radius 2 is 1.77 bits per heavy atom. The van der Waals surface area contributed by atoms with Crippen LogP contribution in [0.1, 0.15) is 59.1 Å². The van der Waals surface area contributed by atoms with Gasteiger partial charge in [0.1, 0.15) is 5.58 Å². The average molecular weight is 528 g/mol. The molecule has 200 valence electrons. The van der Waals surface area contributed by atoms with E-state index in [0.29, 0.717) is 52.7 Å². The van der Waals surface area contributed by atoms with Crippen molar-refractivity contribution in [2.75, 3.05) is 20.0 Å². The zero-order chi connectivity index (χ0) is 27.1. The maximum atomic E-state index is 13.9. The minimum absolute atomic E-state index is 0.0614. The Balaban J connectivity index is 1.50. The van der Waals surface area contributed by atoms with Crippen LogP contribution in [-0.4, -0.2) is 30.8 Å². The first-order valence-electron chi connectivity index (χ1n) is 13.1. The van der Waals surface area contributed by atoms with Gasteiger partial charge in [-0.2, -0.15) is 0 Å². The summed E-state index contributed by atoms with van der Waals surface area (Å²) in [7, 11) is 0. The number of carbonyl (C=O) groups is 1. The van der Waals surface area contributed by atoms with Crippen LogP contribution in [0.15, 0.2) is 63.8 Å². The molecule has 2 aliphatic heterocycles. The van der Waals surface area contributed by atoms with Crippen molar-refractivity contribution in [3.05, 3.63) is 92.8 Å². The van der Waals surface area contributed by atoms with Gasteiger partial charge in [0.25, 0.3) is 5.91 Å². The molecule has 4 aromatic rings. The third-order valence-electron chi connectivity index (χ3n) is 6.96. The van der Waals surface area contributed by atoms with E-state index in [0.717, 1.165) is 23.1 Å². The lowest BCUT2D eigenvalue weighted by Crippen LogP contribution is -2.29. The maximum absolute atomic E-state index is 13.9. The van der Waals surface area contributed by atoms with Gasteiger partial charge in [0.2, 0.25) is 12.6 Å². The highest BCUT2D eigenvalue weighted by Crippen LogP contribution is 2.42. The fourth-order valence-corrected chi connectivity index (χ4v) is 5.17. The largest absolute Gasteiger partial charge is 0.490 e. The van der Waals surface area contributed by atoms with Gasteiger partial charge < -0.3 is 28.3 Å². The Morgan fingerprint density at radius 1 is 0.923 bits per heavy atom. The molecular weight excluding hydrogens is 498 g/mol. The molecule has 0 N–H and O–H groups in total. The lowest BCUT2D eigenvalue weighted by molar-refractivity contribution is 0.0714. The van der Waals surface area contributed by atoms with E-state index in [1.807, 2.05) is 63.2 Å². The van der Waals surface area contributed by atoms with Crippen LogP contribution >= 0.6 is 0 Å². The Bertz CT molecular complexity index is 1640. The molecule has 1 unspecified atom stereocenters. The topological polar surface area (TPSA) is 87.4 Å². The molecule has 6 rings (SSSR count). The van der Waals surface area contributed by atoms with Crippen molar-refractivity contribution in [1.29, 1.82) is 0 Å². The number of fused-ring (bicyclic) bond motifs is 3. The maximum Gasteiger partial charge on any atom is 0.291 e. The Hall–Kier alpha value is -4.46. The van der Waals surface area contributed by atoms with Crippen LogP contribution in [-0.2, 0) is 6.54 Å². The van der Waals surface area contributed by atoms with Crippen LogP contribution < -0.4 is 24.4 Å². The number of hydrogen-bond donors (Lipinski definition) is 0. The second kappa shape index (κ2) is 10.0. The highest BCUT2D eigenvalue weighted by Gasteiger charge is 2.43. The minimum atomic E-state index is -0.682. The van der Waals surface area contributed by atoms with Gasteiger partial charge in [-0.25, -0.2) is 0 Å². The lowest BCUT2D eigenvalue weighted by atomic mass is 9.97. The zero-order valence-corrected chi connectivity index (χ0v) is 22.1. The zero-order valence-electron chi connectivity index (χ0n) is 22.1. The summed E-state index contributed by atoms with van der Waals surface area (Å²) in [5.74, 6) is 2.18. The molecule has 0 radical (unpaired) electrons. The summed E-state index contributed by atoms with van der Waals surface area (Å²) >= 11 is 0. The van der Waals surface area contributed by atoms with E-state index in [1.54, 1.807) is 17.0 Å². The van der Waals surface area contributed by atoms with E-state index >= 15 is 0 Å². The number of carbonyl (C=O) groups excluding carboxylic acids is 1. The summed E-state index contributed by atoms with van der Waals surface area (Å²) in [5.41, 5.74) is 3.00. The quantitative estimate of drug-likeness (QED) is 0.288. The van der Waals surface area contributed by atoms with E-state index < -0.39 is 6.04 Å². The minimum Gasteiger partial charge on any atom is -0.490 e. The molecule has 2 aliphatic rings. The van der Waals surface area contributed by atoms with Gasteiger partial charge in [-0.3, -0.25) is 9.59 Å². The van der Waals surface area contributed by atoms with E-state index in [1.165, 1.54) is 0 Å². The summed E-state index contributed by atoms with van der Waals surface area (Å²) in [6.07, 6.45) is 0.856. The molecule has 39 heavy (non-hydrogen) atoms. The fraction of sp³-hybridized carbons (Fsp3) is 0.290. The van der Waals surface area contributed by atoms with Crippen LogP contribution in [0.3, 0.4) is 0 Å². The standard InChI is InChI=1S/C31H29NO7/c1-4-12-36-23-11-8-20(15-26(23)35-5-2)28-27-29(33)21-13-18(3)6-9-22(21)39-30(27)31(34)32(28)16-19-7-10-24-25(14-19)38-17-37-24/h6-11,13-15,28H,4-5,12,16-17H2,1-3H3. The van der Waals surface area contributed by atoms with E-state index in [4.69, 9.17) is 23.4 Å². The summed E-state index contributed by atoms with van der Waals surface area (Å²) in [4.78, 5) is 29.5. The normalized spacial score (nSPS) is 15.6. The highest BCUT2D eigenvalue weighted by molar-refractivity contribution is 5.99. The number of hydrogen-bond acceptors (Lipinski definition) is 7. The Kier molecular flexibility index (Phi) is 6.38. The molecule has 0 saturated heterocycles. The van der Waals surface area contributed by atoms with Crippen LogP contribution in [0.5, 0.6) is 23.0 Å². The smallest absolute Gasteiger partial charge is 0.291 e. The van der Waals surface area contributed by atoms with Gasteiger partial charge in [-0.1, -0.05) is 30.7 Å². The Labute approximate surface area is 225 Å². The van der Waals surface area contributed by atoms with Crippen LogP contribution in [0.25, 0.3) is 11.0 Å². The molecule has 8 nitrogen and oxygen atoms in total. The molecule has 1 aromatic heterocycles. The SMILES string of the molecule is CCCOc1ccc(C2c3c(oc4ccc(C)cc4c3=O)C(=O)N2Cc2ccc3c(c2)OCO3)cc1OCC. The van der Waals surface area contributed by atoms with Gasteiger partial charge in [-0.05, 0) is 67.8 Å². The molecule has 1 atom stereocenters. The number of aryl methyl sites for hydroxylation is 1. The monoisotopic (exact) mass is 527 g/mol. The third-order valence-corrected chi connectivity index (χ3v) is 6.96. The van der Waals surface area contributed by atoms with Crippen molar-refractivity contribution < 1.29 is 28.2 Å². The van der Waals surface area contributed by atoms with Crippen molar-refractivity contribution in [1.82, 2.24) is 4.90 Å². The first-order valence-corrected chi connectivity index (χ1v) is 13.1. The number of nitrogens with zero attached hydrogens (tertiary/aromatic N) is 1. The number of rotatable bonds is 8. The Morgan fingerprint density at radius 3 is 2.59 bits per heavy atom. The fourth-order valence-electron chi connectivity index (χ4n) is 5.17. The van der Waals surface area contributed by atoms with Crippen LogP contribution in [0, 0.1) is 6.92 Å². The van der Waals surface area contributed by atoms with Crippen molar-refractivity contribution in [2.24, 2.45) is 0 Å². The molecule has 1 amide bonds. The predicted octanol–water partition coefficient (Wildman–Crippen LogP) is 5.76. The summed E-state index contributed by atoms with van der Waals surface area (Å²) in [6, 6.07) is 15.9. The second-order valence-corrected chi connectivity index (χ2v) is 9.68. The molecule has 3 aromatic carbocycles. The molecule has 8 heteroatoms. The van der Waals surface area contributed by atoms with Crippen molar-refractivity contribution >= 4 is 16.9 Å². The third kappa shape index (κ3) is 4.35. The molecule has 0 saturated carbocycles. The number of ether oxygens (including phenoxy) is 4. The molecule has 3 heterocycles. The van der Waals surface area contributed by atoms with Gasteiger partial charge in [0, 0.05) is 6.54 Å². The molecular formula is C31H29NO7. The van der Waals surface area contributed by atoms with Crippen molar-refractivity contribution in [2.45, 2.75) is 39.8 Å². The second-order valence-electron chi connectivity index (χ2n) is 9.68. The summed E-state index contributed by atoms with van der Waals surface area (Å²) in [5, 5.41) is 0.449. The van der Waals surface area contributed by atoms with Crippen molar-refractivity contribution in [3.8, 4) is 23.0 Å². The van der Waals surface area contributed by atoms with E-state index in [2.05, 4.69) is 0 Å². The molecule has 0 spiro atoms. The molecule has 0 aliphatic carbocycles. The molecule has 0 bridgehead atoms. The summed E-state index contributed by atoms with van der Waals surface area (Å²) < 4.78 is 28.9. The van der Waals surface area contributed by atoms with E-state index in [9.17, 15) is 9.59 Å². The molecule has 0 fully saturated rings. The van der Waals surface area contributed by atoms with Gasteiger partial charge in [0.15, 0.2) is 28.4 Å². The number of benzene rings is 3.